The lowest BCUT2D eigenvalue weighted by atomic mass is 9.84. The fraction of sp³-hybridized carbons (Fsp3) is 0.370. The maximum atomic E-state index is 13.4. The first-order valence-electron chi connectivity index (χ1n) is 12.2. The molecule has 0 radical (unpaired) electrons. The van der Waals surface area contributed by atoms with Crippen molar-refractivity contribution in [1.82, 2.24) is 24.5 Å². The van der Waals surface area contributed by atoms with Gasteiger partial charge in [-0.1, -0.05) is 19.3 Å². The van der Waals surface area contributed by atoms with Crippen LogP contribution in [-0.4, -0.2) is 31.6 Å². The van der Waals surface area contributed by atoms with Gasteiger partial charge >= 0.3 is 6.18 Å². The first-order valence-corrected chi connectivity index (χ1v) is 12.2. The van der Waals surface area contributed by atoms with Crippen LogP contribution in [-0.2, 0) is 12.7 Å². The van der Waals surface area contributed by atoms with Crippen molar-refractivity contribution < 1.29 is 22.3 Å². The third-order valence-corrected chi connectivity index (χ3v) is 6.42. The van der Waals surface area contributed by atoms with Crippen molar-refractivity contribution in [2.24, 2.45) is 0 Å². The second-order valence-electron chi connectivity index (χ2n) is 9.06. The van der Waals surface area contributed by atoms with Crippen LogP contribution in [0, 0.1) is 12.9 Å². The fourth-order valence-electron chi connectivity index (χ4n) is 4.57. The molecule has 0 aliphatic heterocycles. The summed E-state index contributed by atoms with van der Waals surface area (Å²) < 4.78 is 58.5. The number of aryl methyl sites for hydroxylation is 1. The lowest BCUT2D eigenvalue weighted by molar-refractivity contribution is -0.138. The van der Waals surface area contributed by atoms with Gasteiger partial charge in [-0.3, -0.25) is 19.3 Å². The molecule has 0 unspecified atom stereocenters. The number of rotatable bonds is 4. The Morgan fingerprint density at radius 2 is 1.82 bits per heavy atom. The van der Waals surface area contributed by atoms with Crippen molar-refractivity contribution in [2.45, 2.75) is 57.7 Å². The van der Waals surface area contributed by atoms with Crippen molar-refractivity contribution in [2.75, 3.05) is 7.11 Å². The van der Waals surface area contributed by atoms with Crippen molar-refractivity contribution in [3.05, 3.63) is 87.7 Å². The molecule has 200 valence electrons. The van der Waals surface area contributed by atoms with Crippen LogP contribution in [0.2, 0.25) is 0 Å². The van der Waals surface area contributed by atoms with Crippen LogP contribution in [0.25, 0.3) is 11.2 Å². The average molecular weight is 530 g/mol. The van der Waals surface area contributed by atoms with Gasteiger partial charge in [0.2, 0.25) is 5.95 Å². The van der Waals surface area contributed by atoms with Crippen molar-refractivity contribution in [3.63, 3.8) is 0 Å². The Hall–Kier alpha value is -3.89. The van der Waals surface area contributed by atoms with Crippen molar-refractivity contribution >= 4 is 11.2 Å². The molecule has 0 aromatic carbocycles. The number of alkyl halides is 3. The van der Waals surface area contributed by atoms with E-state index in [9.17, 15) is 22.4 Å². The van der Waals surface area contributed by atoms with Gasteiger partial charge in [0.25, 0.3) is 5.56 Å². The zero-order chi connectivity index (χ0) is 27.3. The van der Waals surface area contributed by atoms with E-state index in [-0.39, 0.29) is 29.4 Å². The Bertz CT molecular complexity index is 1470. The van der Waals surface area contributed by atoms with E-state index in [2.05, 4.69) is 19.9 Å². The molecule has 7 nitrogen and oxygen atoms in total. The van der Waals surface area contributed by atoms with Crippen LogP contribution in [0.1, 0.15) is 60.5 Å². The van der Waals surface area contributed by atoms with E-state index in [1.54, 1.807) is 25.3 Å². The number of ether oxygens (including phenoxy) is 1. The van der Waals surface area contributed by atoms with E-state index in [0.717, 1.165) is 38.2 Å². The highest BCUT2D eigenvalue weighted by Gasteiger charge is 2.34. The van der Waals surface area contributed by atoms with E-state index < -0.39 is 17.7 Å². The molecule has 0 amide bonds. The molecule has 0 atom stereocenters. The van der Waals surface area contributed by atoms with Gasteiger partial charge in [0.05, 0.1) is 30.6 Å². The lowest BCUT2D eigenvalue weighted by Crippen LogP contribution is -2.29. The lowest BCUT2D eigenvalue weighted by Gasteiger charge is -2.23. The number of pyridine rings is 3. The van der Waals surface area contributed by atoms with Gasteiger partial charge < -0.3 is 4.74 Å². The Labute approximate surface area is 216 Å². The molecule has 1 aliphatic carbocycles. The Balaban J connectivity index is 0.000000317. The summed E-state index contributed by atoms with van der Waals surface area (Å²) >= 11 is 0. The summed E-state index contributed by atoms with van der Waals surface area (Å²) in [5.41, 5.74) is 0.654. The molecular weight excluding hydrogens is 502 g/mol. The number of fused-ring (bicyclic) bond motifs is 1. The molecule has 1 saturated carbocycles. The Morgan fingerprint density at radius 3 is 2.47 bits per heavy atom. The second-order valence-corrected chi connectivity index (χ2v) is 9.06. The quantitative estimate of drug-likeness (QED) is 0.244. The summed E-state index contributed by atoms with van der Waals surface area (Å²) in [5.74, 6) is 0.0673. The number of aromatic nitrogens is 5. The van der Waals surface area contributed by atoms with Crippen molar-refractivity contribution in [3.8, 4) is 5.75 Å². The van der Waals surface area contributed by atoms with E-state index in [1.807, 2.05) is 0 Å². The zero-order valence-electron chi connectivity index (χ0n) is 21.0. The number of nitrogens with zero attached hydrogens (tertiary/aromatic N) is 5. The highest BCUT2D eigenvalue weighted by atomic mass is 19.4. The summed E-state index contributed by atoms with van der Waals surface area (Å²) in [6, 6.07) is 6.80. The molecule has 0 spiro atoms. The number of hydrogen-bond acceptors (Lipinski definition) is 6. The molecule has 0 N–H and O–H groups in total. The molecule has 0 bridgehead atoms. The SMILES string of the molecule is COc1ccnc(F)c1.Cc1cnc2cc(C3CCCCC3)c(=O)n(Cc3ncccc3C(F)(F)F)c2n1. The maximum Gasteiger partial charge on any atom is 0.418 e. The summed E-state index contributed by atoms with van der Waals surface area (Å²) in [7, 11) is 1.48. The predicted molar refractivity (Wildman–Crippen MR) is 133 cm³/mol. The minimum Gasteiger partial charge on any atom is -0.497 e. The first-order chi connectivity index (χ1) is 18.2. The summed E-state index contributed by atoms with van der Waals surface area (Å²) in [4.78, 5) is 29.4. The Kier molecular flexibility index (Phi) is 8.33. The van der Waals surface area contributed by atoms with Crippen LogP contribution in [0.3, 0.4) is 0 Å². The highest BCUT2D eigenvalue weighted by molar-refractivity contribution is 5.71. The monoisotopic (exact) mass is 529 g/mol. The molecule has 4 aromatic rings. The third-order valence-electron chi connectivity index (χ3n) is 6.42. The topological polar surface area (TPSA) is 82.8 Å². The van der Waals surface area contributed by atoms with Crippen LogP contribution in [0.4, 0.5) is 17.6 Å². The summed E-state index contributed by atoms with van der Waals surface area (Å²) in [5, 5.41) is 0. The van der Waals surface area contributed by atoms with Gasteiger partial charge in [0.15, 0.2) is 5.65 Å². The molecule has 0 saturated heterocycles. The zero-order valence-corrected chi connectivity index (χ0v) is 21.0. The third kappa shape index (κ3) is 6.32. The fourth-order valence-corrected chi connectivity index (χ4v) is 4.57. The molecule has 11 heteroatoms. The van der Waals surface area contributed by atoms with E-state index in [4.69, 9.17) is 4.74 Å². The number of halogens is 4. The van der Waals surface area contributed by atoms with Crippen LogP contribution >= 0.6 is 0 Å². The molecular formula is C27H27F4N5O2. The van der Waals surface area contributed by atoms with E-state index >= 15 is 0 Å². The normalized spacial score (nSPS) is 14.2. The Morgan fingerprint density at radius 1 is 1.05 bits per heavy atom. The van der Waals surface area contributed by atoms with Crippen LogP contribution in [0.15, 0.2) is 53.7 Å². The molecule has 38 heavy (non-hydrogen) atoms. The average Bonchev–Trinajstić information content (AvgIpc) is 2.91. The first kappa shape index (κ1) is 27.2. The van der Waals surface area contributed by atoms with E-state index in [0.29, 0.717) is 22.5 Å². The van der Waals surface area contributed by atoms with Gasteiger partial charge in [-0.25, -0.2) is 9.97 Å². The van der Waals surface area contributed by atoms with Crippen LogP contribution in [0.5, 0.6) is 5.75 Å². The molecule has 4 aromatic heterocycles. The van der Waals surface area contributed by atoms with Crippen LogP contribution < -0.4 is 10.3 Å². The maximum absolute atomic E-state index is 13.4. The van der Waals surface area contributed by atoms with E-state index in [1.165, 1.54) is 36.2 Å². The molecule has 1 fully saturated rings. The molecule has 5 rings (SSSR count). The number of hydrogen-bond donors (Lipinski definition) is 0. The minimum absolute atomic E-state index is 0.0980. The smallest absolute Gasteiger partial charge is 0.418 e. The highest BCUT2D eigenvalue weighted by Crippen LogP contribution is 2.33. The number of methoxy groups -OCH3 is 1. The van der Waals surface area contributed by atoms with Gasteiger partial charge in [-0.15, -0.1) is 0 Å². The summed E-state index contributed by atoms with van der Waals surface area (Å²) in [6.07, 6.45) is 4.73. The van der Waals surface area contributed by atoms with Gasteiger partial charge in [0.1, 0.15) is 11.3 Å². The standard InChI is InChI=1S/C21H21F3N4O.C6H6FNO/c1-13-11-26-17-10-15(14-6-3-2-4-7-14)20(29)28(19(17)27-13)12-18-16(21(22,23)24)8-5-9-25-18;1-9-5-2-3-8-6(7)4-5/h5,8-11,14H,2-4,6-7,12H2,1H3;2-4H,1H3. The summed E-state index contributed by atoms with van der Waals surface area (Å²) in [6.45, 7) is 1.43. The van der Waals surface area contributed by atoms with Gasteiger partial charge in [-0.2, -0.15) is 17.6 Å². The van der Waals surface area contributed by atoms with Crippen molar-refractivity contribution in [1.29, 1.82) is 0 Å². The molecule has 1 aliphatic rings. The minimum atomic E-state index is -4.55. The molecule has 4 heterocycles. The largest absolute Gasteiger partial charge is 0.497 e. The van der Waals surface area contributed by atoms with Gasteiger partial charge in [0, 0.05) is 30.2 Å². The predicted octanol–water partition coefficient (Wildman–Crippen LogP) is 5.84. The second kappa shape index (κ2) is 11.7. The van der Waals surface area contributed by atoms with Gasteiger partial charge in [-0.05, 0) is 49.9 Å².